The number of hydrogen-bond donors (Lipinski definition) is 2. The number of aromatic nitrogens is 1. The number of aromatic amines is 1. The van der Waals surface area contributed by atoms with Crippen LogP contribution in [0, 0.1) is 5.82 Å². The number of nitrogens with one attached hydrogen (secondary N) is 2. The molecule has 0 bridgehead atoms. The molecule has 0 unspecified atom stereocenters. The number of carbonyl (C=O) groups excluding carboxylic acids is 1. The van der Waals surface area contributed by atoms with E-state index < -0.39 is 0 Å². The fourth-order valence-corrected chi connectivity index (χ4v) is 2.76. The monoisotopic (exact) mass is 286 g/mol. The first-order valence-corrected chi connectivity index (χ1v) is 6.91. The molecule has 1 aliphatic carbocycles. The quantitative estimate of drug-likeness (QED) is 0.890. The van der Waals surface area contributed by atoms with Gasteiger partial charge in [-0.15, -0.1) is 0 Å². The summed E-state index contributed by atoms with van der Waals surface area (Å²) < 4.78 is 13.3. The van der Waals surface area contributed by atoms with Crippen LogP contribution in [0.1, 0.15) is 40.4 Å². The van der Waals surface area contributed by atoms with Crippen LogP contribution in [0.25, 0.3) is 0 Å². The third-order valence-electron chi connectivity index (χ3n) is 3.76. The third-order valence-corrected chi connectivity index (χ3v) is 3.76. The van der Waals surface area contributed by atoms with Crippen LogP contribution in [-0.2, 0) is 6.42 Å². The number of amides is 1. The lowest BCUT2D eigenvalue weighted by molar-refractivity contribution is 0.0932. The smallest absolute Gasteiger partial charge is 0.252 e. The van der Waals surface area contributed by atoms with E-state index in [0.717, 1.165) is 30.4 Å². The Morgan fingerprint density at radius 1 is 1.29 bits per heavy atom. The molecule has 4 nitrogen and oxygen atoms in total. The summed E-state index contributed by atoms with van der Waals surface area (Å²) >= 11 is 0. The van der Waals surface area contributed by atoms with E-state index in [-0.39, 0.29) is 23.3 Å². The first-order valence-electron chi connectivity index (χ1n) is 6.91. The second-order valence-corrected chi connectivity index (χ2v) is 5.20. The molecule has 0 radical (unpaired) electrons. The highest BCUT2D eigenvalue weighted by atomic mass is 19.1. The molecule has 1 aromatic heterocycles. The van der Waals surface area contributed by atoms with E-state index in [0.29, 0.717) is 5.56 Å². The van der Waals surface area contributed by atoms with Gasteiger partial charge in [0.25, 0.3) is 5.91 Å². The molecule has 1 atom stereocenters. The SMILES string of the molecule is O=C(N[C@@H]1CCCc2cc(F)ccc21)c1cc[nH]c(=O)c1. The molecule has 5 heteroatoms. The van der Waals surface area contributed by atoms with Gasteiger partial charge in [0.15, 0.2) is 0 Å². The number of fused-ring (bicyclic) bond motifs is 1. The molecule has 1 aromatic carbocycles. The zero-order valence-electron chi connectivity index (χ0n) is 11.4. The van der Waals surface area contributed by atoms with E-state index >= 15 is 0 Å². The molecule has 0 spiro atoms. The Hall–Kier alpha value is -2.43. The van der Waals surface area contributed by atoms with Crippen LogP contribution >= 0.6 is 0 Å². The van der Waals surface area contributed by atoms with Crippen LogP contribution in [-0.4, -0.2) is 10.9 Å². The van der Waals surface area contributed by atoms with Crippen molar-refractivity contribution in [2.24, 2.45) is 0 Å². The lowest BCUT2D eigenvalue weighted by Crippen LogP contribution is -2.31. The van der Waals surface area contributed by atoms with Crippen molar-refractivity contribution in [2.75, 3.05) is 0 Å². The summed E-state index contributed by atoms with van der Waals surface area (Å²) in [5.41, 5.74) is 1.92. The first kappa shape index (κ1) is 13.5. The maximum absolute atomic E-state index is 13.3. The summed E-state index contributed by atoms with van der Waals surface area (Å²) in [6, 6.07) is 7.36. The lowest BCUT2D eigenvalue weighted by atomic mass is 9.87. The standard InChI is InChI=1S/C16H15FN2O2/c17-12-4-5-13-10(8-12)2-1-3-14(13)19-16(21)11-6-7-18-15(20)9-11/h4-9,14H,1-3H2,(H,18,20)(H,19,21)/t14-/m1/s1. The molecule has 1 aliphatic rings. The highest BCUT2D eigenvalue weighted by Crippen LogP contribution is 2.30. The van der Waals surface area contributed by atoms with Crippen molar-refractivity contribution >= 4 is 5.91 Å². The Morgan fingerprint density at radius 2 is 2.14 bits per heavy atom. The number of halogens is 1. The summed E-state index contributed by atoms with van der Waals surface area (Å²) in [5.74, 6) is -0.543. The van der Waals surface area contributed by atoms with Crippen molar-refractivity contribution in [3.8, 4) is 0 Å². The summed E-state index contributed by atoms with van der Waals surface area (Å²) in [4.78, 5) is 25.9. The number of hydrogen-bond acceptors (Lipinski definition) is 2. The second-order valence-electron chi connectivity index (χ2n) is 5.20. The number of benzene rings is 1. The van der Waals surface area contributed by atoms with Gasteiger partial charge in [-0.3, -0.25) is 9.59 Å². The van der Waals surface area contributed by atoms with E-state index in [1.54, 1.807) is 12.1 Å². The minimum atomic E-state index is -0.311. The van der Waals surface area contributed by atoms with Gasteiger partial charge < -0.3 is 10.3 Å². The highest BCUT2D eigenvalue weighted by molar-refractivity contribution is 5.94. The summed E-state index contributed by atoms with van der Waals surface area (Å²) in [6.45, 7) is 0. The Kier molecular flexibility index (Phi) is 3.56. The van der Waals surface area contributed by atoms with Crippen LogP contribution in [0.5, 0.6) is 0 Å². The van der Waals surface area contributed by atoms with Gasteiger partial charge in [-0.1, -0.05) is 6.07 Å². The molecule has 108 valence electrons. The van der Waals surface area contributed by atoms with Gasteiger partial charge >= 0.3 is 0 Å². The molecule has 0 aliphatic heterocycles. The van der Waals surface area contributed by atoms with E-state index in [9.17, 15) is 14.0 Å². The van der Waals surface area contributed by atoms with Crippen molar-refractivity contribution in [1.82, 2.24) is 10.3 Å². The van der Waals surface area contributed by atoms with Gasteiger partial charge in [0.2, 0.25) is 5.56 Å². The van der Waals surface area contributed by atoms with E-state index in [2.05, 4.69) is 10.3 Å². The van der Waals surface area contributed by atoms with Crippen LogP contribution in [0.4, 0.5) is 4.39 Å². The maximum atomic E-state index is 13.3. The second kappa shape index (κ2) is 5.52. The topological polar surface area (TPSA) is 62.0 Å². The molecule has 3 rings (SSSR count). The van der Waals surface area contributed by atoms with Crippen LogP contribution in [0.3, 0.4) is 0 Å². The molecule has 1 heterocycles. The first-order chi connectivity index (χ1) is 10.1. The summed E-state index contributed by atoms with van der Waals surface area (Å²) in [6.07, 6.45) is 3.98. The molecule has 0 saturated carbocycles. The zero-order chi connectivity index (χ0) is 14.8. The maximum Gasteiger partial charge on any atom is 0.252 e. The normalized spacial score (nSPS) is 17.1. The predicted octanol–water partition coefficient (Wildman–Crippen LogP) is 2.32. The van der Waals surface area contributed by atoms with Crippen molar-refractivity contribution < 1.29 is 9.18 Å². The Bertz CT molecular complexity index is 739. The molecule has 2 aromatic rings. The fraction of sp³-hybridized carbons (Fsp3) is 0.250. The minimum Gasteiger partial charge on any atom is -0.345 e. The van der Waals surface area contributed by atoms with Gasteiger partial charge in [-0.05, 0) is 48.6 Å². The molecule has 0 saturated heterocycles. The van der Waals surface area contributed by atoms with Crippen molar-refractivity contribution in [2.45, 2.75) is 25.3 Å². The van der Waals surface area contributed by atoms with Gasteiger partial charge in [-0.25, -0.2) is 4.39 Å². The number of rotatable bonds is 2. The number of H-pyrrole nitrogens is 1. The highest BCUT2D eigenvalue weighted by Gasteiger charge is 2.22. The zero-order valence-corrected chi connectivity index (χ0v) is 11.4. The fourth-order valence-electron chi connectivity index (χ4n) is 2.76. The van der Waals surface area contributed by atoms with Gasteiger partial charge in [0.05, 0.1) is 6.04 Å². The van der Waals surface area contributed by atoms with Crippen LogP contribution in [0.15, 0.2) is 41.3 Å². The Labute approximate surface area is 121 Å². The summed E-state index contributed by atoms with van der Waals surface area (Å²) in [5, 5.41) is 2.92. The molecular formula is C16H15FN2O2. The largest absolute Gasteiger partial charge is 0.345 e. The molecule has 1 amide bonds. The minimum absolute atomic E-state index is 0.138. The number of aryl methyl sites for hydroxylation is 1. The molecule has 0 fully saturated rings. The lowest BCUT2D eigenvalue weighted by Gasteiger charge is -2.26. The average Bonchev–Trinajstić information content (AvgIpc) is 2.47. The molecule has 2 N–H and O–H groups in total. The van der Waals surface area contributed by atoms with E-state index in [1.807, 2.05) is 0 Å². The van der Waals surface area contributed by atoms with Crippen molar-refractivity contribution in [1.29, 1.82) is 0 Å². The Balaban J connectivity index is 1.83. The third kappa shape index (κ3) is 2.86. The van der Waals surface area contributed by atoms with Crippen LogP contribution < -0.4 is 10.9 Å². The van der Waals surface area contributed by atoms with Gasteiger partial charge in [0, 0.05) is 17.8 Å². The van der Waals surface area contributed by atoms with Gasteiger partial charge in [-0.2, -0.15) is 0 Å². The molecule has 21 heavy (non-hydrogen) atoms. The van der Waals surface area contributed by atoms with E-state index in [4.69, 9.17) is 0 Å². The van der Waals surface area contributed by atoms with E-state index in [1.165, 1.54) is 24.4 Å². The van der Waals surface area contributed by atoms with Crippen molar-refractivity contribution in [3.05, 3.63) is 69.4 Å². The number of carbonyl (C=O) groups is 1. The summed E-state index contributed by atoms with van der Waals surface area (Å²) in [7, 11) is 0. The van der Waals surface area contributed by atoms with Crippen molar-refractivity contribution in [3.63, 3.8) is 0 Å². The molecular weight excluding hydrogens is 271 g/mol. The van der Waals surface area contributed by atoms with Crippen LogP contribution in [0.2, 0.25) is 0 Å². The average molecular weight is 286 g/mol. The Morgan fingerprint density at radius 3 is 2.95 bits per heavy atom. The number of pyridine rings is 1. The van der Waals surface area contributed by atoms with Gasteiger partial charge in [0.1, 0.15) is 5.82 Å². The predicted molar refractivity (Wildman–Crippen MR) is 76.6 cm³/mol.